The highest BCUT2D eigenvalue weighted by atomic mass is 35.5. The average Bonchev–Trinajstić information content (AvgIpc) is 3.06. The Kier molecular flexibility index (Phi) is 8.03. The van der Waals surface area contributed by atoms with Gasteiger partial charge in [-0.3, -0.25) is 4.79 Å². The fourth-order valence-corrected chi connectivity index (χ4v) is 5.12. The van der Waals surface area contributed by atoms with Crippen molar-refractivity contribution in [3.63, 3.8) is 0 Å². The molecule has 3 fully saturated rings. The number of nitrogens with zero attached hydrogens (tertiary/aromatic N) is 2. The average molecular weight is 368 g/mol. The van der Waals surface area contributed by atoms with E-state index in [0.717, 1.165) is 19.4 Å². The number of nitriles is 1. The molecule has 1 amide bonds. The number of halogens is 1. The molecule has 1 atom stereocenters. The molecule has 0 radical (unpaired) electrons. The van der Waals surface area contributed by atoms with Crippen LogP contribution in [0.25, 0.3) is 0 Å². The summed E-state index contributed by atoms with van der Waals surface area (Å²) in [7, 11) is 0. The molecule has 4 nitrogen and oxygen atoms in total. The van der Waals surface area contributed by atoms with E-state index in [0.29, 0.717) is 18.0 Å². The maximum Gasteiger partial charge on any atom is 0.237 e. The van der Waals surface area contributed by atoms with Crippen LogP contribution in [0.5, 0.6) is 0 Å². The molecule has 0 aromatic rings. The van der Waals surface area contributed by atoms with Crippen LogP contribution in [-0.4, -0.2) is 36.0 Å². The molecule has 0 aromatic heterocycles. The fourth-order valence-electron chi connectivity index (χ4n) is 5.12. The molecule has 3 rings (SSSR count). The third-order valence-corrected chi connectivity index (χ3v) is 6.72. The number of carbonyl (C=O) groups excluding carboxylic acids is 1. The van der Waals surface area contributed by atoms with Gasteiger partial charge in [-0.2, -0.15) is 5.26 Å². The molecule has 1 N–H and O–H groups in total. The molecule has 25 heavy (non-hydrogen) atoms. The number of rotatable bonds is 3. The molecule has 2 aliphatic carbocycles. The second-order valence-corrected chi connectivity index (χ2v) is 8.30. The predicted molar refractivity (Wildman–Crippen MR) is 103 cm³/mol. The molecule has 1 saturated heterocycles. The first-order chi connectivity index (χ1) is 11.7. The van der Waals surface area contributed by atoms with Crippen molar-refractivity contribution in [3.8, 4) is 6.07 Å². The smallest absolute Gasteiger partial charge is 0.237 e. The summed E-state index contributed by atoms with van der Waals surface area (Å²) in [5, 5.41) is 12.6. The fraction of sp³-hybridized carbons (Fsp3) is 0.900. The van der Waals surface area contributed by atoms with Gasteiger partial charge in [0.05, 0.1) is 12.6 Å². The van der Waals surface area contributed by atoms with E-state index in [1.54, 1.807) is 4.90 Å². The van der Waals surface area contributed by atoms with E-state index in [1.807, 2.05) is 0 Å². The van der Waals surface area contributed by atoms with Gasteiger partial charge < -0.3 is 10.2 Å². The quantitative estimate of drug-likeness (QED) is 0.813. The second-order valence-electron chi connectivity index (χ2n) is 8.30. The highest BCUT2D eigenvalue weighted by Gasteiger charge is 2.35. The minimum atomic E-state index is -0.191. The lowest BCUT2D eigenvalue weighted by atomic mass is 9.66. The van der Waals surface area contributed by atoms with Crippen molar-refractivity contribution in [3.05, 3.63) is 0 Å². The number of nitrogens with one attached hydrogen (secondary N) is 1. The lowest BCUT2D eigenvalue weighted by Gasteiger charge is -2.42. The van der Waals surface area contributed by atoms with Crippen LogP contribution in [-0.2, 0) is 4.79 Å². The van der Waals surface area contributed by atoms with Gasteiger partial charge in [0.15, 0.2) is 0 Å². The van der Waals surface area contributed by atoms with E-state index in [1.165, 1.54) is 70.6 Å². The zero-order chi connectivity index (χ0) is 16.8. The van der Waals surface area contributed by atoms with E-state index in [2.05, 4.69) is 11.4 Å². The Hall–Kier alpha value is -0.790. The Labute approximate surface area is 159 Å². The van der Waals surface area contributed by atoms with Crippen molar-refractivity contribution in [2.45, 2.75) is 95.6 Å². The van der Waals surface area contributed by atoms with E-state index in [-0.39, 0.29) is 24.4 Å². The van der Waals surface area contributed by atoms with Crippen LogP contribution in [0.2, 0.25) is 0 Å². The molecule has 1 aliphatic heterocycles. The molecule has 0 bridgehead atoms. The van der Waals surface area contributed by atoms with Crippen LogP contribution >= 0.6 is 12.4 Å². The zero-order valence-corrected chi connectivity index (χ0v) is 16.3. The Bertz CT molecular complexity index is 458. The minimum Gasteiger partial charge on any atom is -0.326 e. The number of hydrogen-bond acceptors (Lipinski definition) is 3. The van der Waals surface area contributed by atoms with Crippen molar-refractivity contribution in [2.75, 3.05) is 13.1 Å². The highest BCUT2D eigenvalue weighted by molar-refractivity contribution is 5.85. The van der Waals surface area contributed by atoms with Crippen LogP contribution in [0.4, 0.5) is 0 Å². The van der Waals surface area contributed by atoms with Crippen molar-refractivity contribution in [1.29, 1.82) is 5.26 Å². The van der Waals surface area contributed by atoms with E-state index < -0.39 is 0 Å². The van der Waals surface area contributed by atoms with Gasteiger partial charge in [0.25, 0.3) is 0 Å². The van der Waals surface area contributed by atoms with Crippen molar-refractivity contribution < 1.29 is 4.79 Å². The summed E-state index contributed by atoms with van der Waals surface area (Å²) >= 11 is 0. The Morgan fingerprint density at radius 3 is 2.28 bits per heavy atom. The summed E-state index contributed by atoms with van der Waals surface area (Å²) < 4.78 is 0. The third-order valence-electron chi connectivity index (χ3n) is 6.72. The van der Waals surface area contributed by atoms with Crippen molar-refractivity contribution in [2.24, 2.45) is 5.41 Å². The van der Waals surface area contributed by atoms with Crippen molar-refractivity contribution >= 4 is 18.3 Å². The lowest BCUT2D eigenvalue weighted by molar-refractivity contribution is -0.130. The van der Waals surface area contributed by atoms with E-state index >= 15 is 0 Å². The van der Waals surface area contributed by atoms with Gasteiger partial charge in [-0.15, -0.1) is 12.4 Å². The largest absolute Gasteiger partial charge is 0.326 e. The minimum absolute atomic E-state index is 0. The van der Waals surface area contributed by atoms with E-state index in [4.69, 9.17) is 5.26 Å². The Morgan fingerprint density at radius 2 is 1.64 bits per heavy atom. The van der Waals surface area contributed by atoms with E-state index in [9.17, 15) is 4.79 Å². The third kappa shape index (κ3) is 5.34. The van der Waals surface area contributed by atoms with Gasteiger partial charge in [-0.1, -0.05) is 32.1 Å². The summed E-state index contributed by atoms with van der Waals surface area (Å²) in [5.74, 6) is 0.116. The Morgan fingerprint density at radius 1 is 1.00 bits per heavy atom. The van der Waals surface area contributed by atoms with Crippen LogP contribution in [0.15, 0.2) is 0 Å². The van der Waals surface area contributed by atoms with Gasteiger partial charge in [0.1, 0.15) is 6.04 Å². The van der Waals surface area contributed by atoms with Gasteiger partial charge in [0.2, 0.25) is 5.91 Å². The number of likely N-dealkylation sites (tertiary alicyclic amines) is 1. The first-order valence-corrected chi connectivity index (χ1v) is 10.1. The maximum atomic E-state index is 12.3. The molecule has 2 saturated carbocycles. The molecule has 0 unspecified atom stereocenters. The highest BCUT2D eigenvalue weighted by Crippen LogP contribution is 2.45. The predicted octanol–water partition coefficient (Wildman–Crippen LogP) is 4.19. The zero-order valence-electron chi connectivity index (χ0n) is 15.5. The first-order valence-electron chi connectivity index (χ1n) is 10.1. The number of carbonyl (C=O) groups is 1. The monoisotopic (exact) mass is 367 g/mol. The van der Waals surface area contributed by atoms with Crippen LogP contribution < -0.4 is 5.32 Å². The number of amides is 1. The summed E-state index contributed by atoms with van der Waals surface area (Å²) in [6, 6.07) is 2.56. The number of hydrogen-bond donors (Lipinski definition) is 1. The molecule has 3 aliphatic rings. The topological polar surface area (TPSA) is 56.1 Å². The van der Waals surface area contributed by atoms with Crippen LogP contribution in [0.3, 0.4) is 0 Å². The van der Waals surface area contributed by atoms with Gasteiger partial charge in [0, 0.05) is 12.6 Å². The summed E-state index contributed by atoms with van der Waals surface area (Å²) in [6.07, 6.45) is 16.9. The molecule has 142 valence electrons. The normalized spacial score (nSPS) is 27.2. The summed E-state index contributed by atoms with van der Waals surface area (Å²) in [6.45, 7) is 1.17. The van der Waals surface area contributed by atoms with Gasteiger partial charge in [-0.05, 0) is 56.8 Å². The second kappa shape index (κ2) is 9.78. The summed E-state index contributed by atoms with van der Waals surface area (Å²) in [5.41, 5.74) is 0.615. The van der Waals surface area contributed by atoms with Crippen LogP contribution in [0.1, 0.15) is 83.5 Å². The standard InChI is InChI=1S/C20H33N3O.ClH/c21-15-18-7-6-14-23(18)19(24)16-22-17-8-12-20(13-9-17)10-4-2-1-3-5-11-20;/h17-18,22H,1-14,16H2;1H/t18-;/m0./s1. The molecule has 1 spiro atoms. The van der Waals surface area contributed by atoms with Crippen LogP contribution in [0, 0.1) is 16.7 Å². The summed E-state index contributed by atoms with van der Waals surface area (Å²) in [4.78, 5) is 14.1. The Balaban J connectivity index is 0.00000225. The maximum absolute atomic E-state index is 12.3. The van der Waals surface area contributed by atoms with Crippen molar-refractivity contribution in [1.82, 2.24) is 10.2 Å². The SMILES string of the molecule is Cl.N#C[C@@H]1CCCN1C(=O)CNC1CCC2(CCCCCCC2)CC1. The molecule has 1 heterocycles. The molecular weight excluding hydrogens is 334 g/mol. The molecule has 5 heteroatoms. The molecular formula is C20H34ClN3O. The lowest BCUT2D eigenvalue weighted by Crippen LogP contribution is -2.45. The first kappa shape index (κ1) is 20.5. The van der Waals surface area contributed by atoms with Gasteiger partial charge >= 0.3 is 0 Å². The van der Waals surface area contributed by atoms with Gasteiger partial charge in [-0.25, -0.2) is 0 Å². The molecule has 0 aromatic carbocycles.